The van der Waals surface area contributed by atoms with E-state index in [0.717, 1.165) is 0 Å². The number of hydrogen-bond acceptors (Lipinski definition) is 2. The van der Waals surface area contributed by atoms with Crippen molar-refractivity contribution in [1.29, 1.82) is 0 Å². The van der Waals surface area contributed by atoms with Crippen LogP contribution in [0.5, 0.6) is 0 Å². The molecule has 2 rings (SSSR count). The Morgan fingerprint density at radius 3 is 2.67 bits per heavy atom. The molecule has 0 fully saturated rings. The SMILES string of the molecule is NS(=O)(=O)c1c[nH]c2cc(F)c(Br)cc12. The molecule has 3 N–H and O–H groups in total. The number of halogens is 2. The number of nitrogens with two attached hydrogens (primary N) is 1. The third-order valence-electron chi connectivity index (χ3n) is 1.99. The van der Waals surface area contributed by atoms with Crippen LogP contribution in [0.1, 0.15) is 0 Å². The van der Waals surface area contributed by atoms with Crippen LogP contribution in [0.15, 0.2) is 27.7 Å². The Bertz CT molecular complexity index is 635. The van der Waals surface area contributed by atoms with Crippen molar-refractivity contribution in [2.75, 3.05) is 0 Å². The summed E-state index contributed by atoms with van der Waals surface area (Å²) in [6.07, 6.45) is 1.24. The van der Waals surface area contributed by atoms with Crippen LogP contribution < -0.4 is 5.14 Å². The van der Waals surface area contributed by atoms with Crippen molar-refractivity contribution in [3.63, 3.8) is 0 Å². The smallest absolute Gasteiger partial charge is 0.240 e. The Balaban J connectivity index is 2.87. The van der Waals surface area contributed by atoms with Gasteiger partial charge >= 0.3 is 0 Å². The van der Waals surface area contributed by atoms with E-state index in [1.54, 1.807) is 0 Å². The highest BCUT2D eigenvalue weighted by Crippen LogP contribution is 2.27. The molecule has 0 atom stereocenters. The summed E-state index contributed by atoms with van der Waals surface area (Å²) in [4.78, 5) is 2.60. The van der Waals surface area contributed by atoms with E-state index >= 15 is 0 Å². The molecule has 1 heterocycles. The first-order chi connectivity index (χ1) is 6.89. The first-order valence-electron chi connectivity index (χ1n) is 3.88. The Morgan fingerprint density at radius 1 is 1.40 bits per heavy atom. The molecule has 0 saturated carbocycles. The zero-order valence-electron chi connectivity index (χ0n) is 7.29. The largest absolute Gasteiger partial charge is 0.360 e. The topological polar surface area (TPSA) is 76.0 Å². The van der Waals surface area contributed by atoms with Crippen LogP contribution in [-0.4, -0.2) is 13.4 Å². The number of H-pyrrole nitrogens is 1. The van der Waals surface area contributed by atoms with Gasteiger partial charge in [0.2, 0.25) is 10.0 Å². The van der Waals surface area contributed by atoms with Gasteiger partial charge in [-0.15, -0.1) is 0 Å². The molecule has 0 saturated heterocycles. The normalized spacial score (nSPS) is 12.2. The van der Waals surface area contributed by atoms with Gasteiger partial charge in [-0.05, 0) is 28.1 Å². The van der Waals surface area contributed by atoms with Crippen molar-refractivity contribution in [2.45, 2.75) is 4.90 Å². The lowest BCUT2D eigenvalue weighted by Gasteiger charge is -1.97. The van der Waals surface area contributed by atoms with Gasteiger partial charge in [0.25, 0.3) is 0 Å². The van der Waals surface area contributed by atoms with Gasteiger partial charge in [0.1, 0.15) is 10.7 Å². The summed E-state index contributed by atoms with van der Waals surface area (Å²) >= 11 is 2.98. The Morgan fingerprint density at radius 2 is 2.07 bits per heavy atom. The molecule has 0 aliphatic heterocycles. The molecule has 2 aromatic rings. The molecule has 7 heteroatoms. The van der Waals surface area contributed by atoms with Crippen LogP contribution in [0.25, 0.3) is 10.9 Å². The van der Waals surface area contributed by atoms with E-state index in [9.17, 15) is 12.8 Å². The quantitative estimate of drug-likeness (QED) is 0.840. The van der Waals surface area contributed by atoms with Crippen molar-refractivity contribution in [3.8, 4) is 0 Å². The van der Waals surface area contributed by atoms with E-state index in [1.165, 1.54) is 18.3 Å². The van der Waals surface area contributed by atoms with Gasteiger partial charge in [-0.2, -0.15) is 0 Å². The molecule has 0 spiro atoms. The van der Waals surface area contributed by atoms with Crippen LogP contribution in [0.3, 0.4) is 0 Å². The summed E-state index contributed by atoms with van der Waals surface area (Å²) in [5, 5.41) is 5.37. The fourth-order valence-electron chi connectivity index (χ4n) is 1.33. The van der Waals surface area contributed by atoms with E-state index in [4.69, 9.17) is 5.14 Å². The van der Waals surface area contributed by atoms with Crippen LogP contribution >= 0.6 is 15.9 Å². The average Bonchev–Trinajstić information content (AvgIpc) is 2.47. The lowest BCUT2D eigenvalue weighted by molar-refractivity contribution is 0.598. The molecule has 0 aliphatic rings. The van der Waals surface area contributed by atoms with E-state index in [2.05, 4.69) is 20.9 Å². The minimum absolute atomic E-state index is 0.0433. The number of primary sulfonamides is 1. The molecule has 0 bridgehead atoms. The average molecular weight is 293 g/mol. The van der Waals surface area contributed by atoms with Gasteiger partial charge in [-0.25, -0.2) is 17.9 Å². The van der Waals surface area contributed by atoms with Crippen molar-refractivity contribution < 1.29 is 12.8 Å². The van der Waals surface area contributed by atoms with Gasteiger partial charge in [-0.3, -0.25) is 0 Å². The Labute approximate surface area is 93.5 Å². The first kappa shape index (κ1) is 10.6. The van der Waals surface area contributed by atoms with E-state index in [-0.39, 0.29) is 9.37 Å². The zero-order chi connectivity index (χ0) is 11.2. The van der Waals surface area contributed by atoms with Crippen molar-refractivity contribution in [2.24, 2.45) is 5.14 Å². The molecule has 0 amide bonds. The highest BCUT2D eigenvalue weighted by atomic mass is 79.9. The summed E-state index contributed by atoms with van der Waals surface area (Å²) in [5.74, 6) is -0.467. The Kier molecular flexibility index (Phi) is 2.32. The summed E-state index contributed by atoms with van der Waals surface area (Å²) in [6.45, 7) is 0. The van der Waals surface area contributed by atoms with E-state index in [1.807, 2.05) is 0 Å². The molecular formula is C8H6BrFN2O2S. The maximum Gasteiger partial charge on any atom is 0.240 e. The predicted molar refractivity (Wildman–Crippen MR) is 57.3 cm³/mol. The van der Waals surface area contributed by atoms with E-state index in [0.29, 0.717) is 10.9 Å². The number of rotatable bonds is 1. The van der Waals surface area contributed by atoms with Crippen molar-refractivity contribution in [3.05, 3.63) is 28.6 Å². The maximum absolute atomic E-state index is 13.1. The lowest BCUT2D eigenvalue weighted by atomic mass is 10.2. The number of hydrogen-bond donors (Lipinski definition) is 2. The molecular weight excluding hydrogens is 287 g/mol. The van der Waals surface area contributed by atoms with Crippen molar-refractivity contribution in [1.82, 2.24) is 4.98 Å². The molecule has 0 unspecified atom stereocenters. The molecule has 1 aromatic carbocycles. The number of aromatic nitrogens is 1. The van der Waals surface area contributed by atoms with Gasteiger partial charge in [0.15, 0.2) is 0 Å². The van der Waals surface area contributed by atoms with Crippen molar-refractivity contribution >= 4 is 36.9 Å². The summed E-state index contributed by atoms with van der Waals surface area (Å²) in [7, 11) is -3.79. The molecule has 1 aromatic heterocycles. The molecule has 0 aliphatic carbocycles. The van der Waals surface area contributed by atoms with Gasteiger partial charge < -0.3 is 4.98 Å². The van der Waals surface area contributed by atoms with Gasteiger partial charge in [-0.1, -0.05) is 0 Å². The highest BCUT2D eigenvalue weighted by molar-refractivity contribution is 9.10. The lowest BCUT2D eigenvalue weighted by Crippen LogP contribution is -2.11. The third-order valence-corrected chi connectivity index (χ3v) is 3.55. The second kappa shape index (κ2) is 3.29. The second-order valence-corrected chi connectivity index (χ2v) is 5.39. The standard InChI is InChI=1S/C8H6BrFN2O2S/c9-5-1-4-7(2-6(5)10)12-3-8(4)15(11,13)14/h1-3,12H,(H2,11,13,14). The third kappa shape index (κ3) is 1.77. The minimum atomic E-state index is -3.79. The van der Waals surface area contributed by atoms with Crippen LogP contribution in [0.4, 0.5) is 4.39 Å². The van der Waals surface area contributed by atoms with Crippen LogP contribution in [0.2, 0.25) is 0 Å². The molecule has 80 valence electrons. The number of aromatic amines is 1. The fraction of sp³-hybridized carbons (Fsp3) is 0. The van der Waals surface area contributed by atoms with Gasteiger partial charge in [0, 0.05) is 17.1 Å². The Hall–Kier alpha value is -0.920. The molecule has 0 radical (unpaired) electrons. The first-order valence-corrected chi connectivity index (χ1v) is 6.22. The maximum atomic E-state index is 13.1. The summed E-state index contributed by atoms with van der Waals surface area (Å²) in [6, 6.07) is 2.58. The predicted octanol–water partition coefficient (Wildman–Crippen LogP) is 1.72. The monoisotopic (exact) mass is 292 g/mol. The van der Waals surface area contributed by atoms with Crippen LogP contribution in [-0.2, 0) is 10.0 Å². The highest BCUT2D eigenvalue weighted by Gasteiger charge is 2.15. The molecule has 15 heavy (non-hydrogen) atoms. The number of benzene rings is 1. The summed E-state index contributed by atoms with van der Waals surface area (Å²) in [5.41, 5.74) is 0.389. The van der Waals surface area contributed by atoms with Crippen LogP contribution in [0, 0.1) is 5.82 Å². The van der Waals surface area contributed by atoms with E-state index < -0.39 is 15.8 Å². The number of nitrogens with one attached hydrogen (secondary N) is 1. The summed E-state index contributed by atoms with van der Waals surface area (Å²) < 4.78 is 35.6. The minimum Gasteiger partial charge on any atom is -0.360 e. The fourth-order valence-corrected chi connectivity index (χ4v) is 2.37. The number of fused-ring (bicyclic) bond motifs is 1. The molecule has 4 nitrogen and oxygen atoms in total. The number of sulfonamides is 1. The van der Waals surface area contributed by atoms with Gasteiger partial charge in [0.05, 0.1) is 4.47 Å². The zero-order valence-corrected chi connectivity index (χ0v) is 9.69. The second-order valence-electron chi connectivity index (χ2n) is 3.01.